The topological polar surface area (TPSA) is 79.8 Å². The number of benzene rings is 1. The van der Waals surface area contributed by atoms with E-state index in [0.717, 1.165) is 0 Å². The standard InChI is InChI=1S/C17H20ClF2N5O/c1-5-12(26)22-16-24-14(17(3,4)20)23-15(25-16)21-9(2)10-7-6-8-11(18)13(10)19/h6-9H,5H2,1-4H3,(H2,21,22,23,24,25,26). The maximum atomic E-state index is 14.3. The molecule has 6 nitrogen and oxygen atoms in total. The SMILES string of the molecule is CCC(=O)Nc1nc(NC(C)c2cccc(Cl)c2F)nc(C(C)(C)F)n1. The number of anilines is 2. The summed E-state index contributed by atoms with van der Waals surface area (Å²) in [6, 6.07) is 4.08. The van der Waals surface area contributed by atoms with Crippen LogP contribution in [0.4, 0.5) is 20.7 Å². The molecule has 0 saturated carbocycles. The van der Waals surface area contributed by atoms with Gasteiger partial charge in [0.05, 0.1) is 11.1 Å². The second-order valence-electron chi connectivity index (χ2n) is 6.19. The molecule has 0 bridgehead atoms. The zero-order valence-electron chi connectivity index (χ0n) is 14.9. The lowest BCUT2D eigenvalue weighted by Gasteiger charge is -2.18. The van der Waals surface area contributed by atoms with E-state index in [-0.39, 0.29) is 35.1 Å². The normalized spacial score (nSPS) is 12.6. The van der Waals surface area contributed by atoms with E-state index < -0.39 is 17.5 Å². The Labute approximate surface area is 155 Å². The molecule has 2 aromatic rings. The highest BCUT2D eigenvalue weighted by molar-refractivity contribution is 6.30. The highest BCUT2D eigenvalue weighted by Gasteiger charge is 2.25. The molecular formula is C17H20ClF2N5O. The van der Waals surface area contributed by atoms with E-state index in [1.165, 1.54) is 19.9 Å². The van der Waals surface area contributed by atoms with Gasteiger partial charge in [-0.1, -0.05) is 30.7 Å². The molecular weight excluding hydrogens is 364 g/mol. The molecule has 1 atom stereocenters. The van der Waals surface area contributed by atoms with Crippen LogP contribution in [0, 0.1) is 5.82 Å². The van der Waals surface area contributed by atoms with Gasteiger partial charge in [-0.2, -0.15) is 15.0 Å². The number of aromatic nitrogens is 3. The van der Waals surface area contributed by atoms with Gasteiger partial charge in [-0.15, -0.1) is 0 Å². The van der Waals surface area contributed by atoms with Crippen LogP contribution in [-0.4, -0.2) is 20.9 Å². The first-order chi connectivity index (χ1) is 12.1. The highest BCUT2D eigenvalue weighted by atomic mass is 35.5. The molecule has 0 aliphatic carbocycles. The maximum Gasteiger partial charge on any atom is 0.234 e. The van der Waals surface area contributed by atoms with Crippen LogP contribution in [0.2, 0.25) is 5.02 Å². The summed E-state index contributed by atoms with van der Waals surface area (Å²) in [6.07, 6.45) is 0.215. The summed E-state index contributed by atoms with van der Waals surface area (Å²) < 4.78 is 28.5. The third-order valence-corrected chi connectivity index (χ3v) is 3.82. The van der Waals surface area contributed by atoms with Crippen LogP contribution < -0.4 is 10.6 Å². The molecule has 0 spiro atoms. The first kappa shape index (κ1) is 20.0. The van der Waals surface area contributed by atoms with Crippen molar-refractivity contribution >= 4 is 29.4 Å². The number of hydrogen-bond acceptors (Lipinski definition) is 5. The Morgan fingerprint density at radius 3 is 2.54 bits per heavy atom. The van der Waals surface area contributed by atoms with Gasteiger partial charge in [0.25, 0.3) is 0 Å². The summed E-state index contributed by atoms with van der Waals surface area (Å²) in [5, 5.41) is 5.36. The number of hydrogen-bond donors (Lipinski definition) is 2. The Bertz CT molecular complexity index is 810. The van der Waals surface area contributed by atoms with Crippen molar-refractivity contribution in [3.63, 3.8) is 0 Å². The number of carbonyl (C=O) groups is 1. The van der Waals surface area contributed by atoms with Crippen LogP contribution in [0.1, 0.15) is 51.5 Å². The van der Waals surface area contributed by atoms with Crippen molar-refractivity contribution in [2.75, 3.05) is 10.6 Å². The van der Waals surface area contributed by atoms with E-state index in [1.54, 1.807) is 26.0 Å². The third-order valence-electron chi connectivity index (χ3n) is 3.53. The minimum Gasteiger partial charge on any atom is -0.347 e. The smallest absolute Gasteiger partial charge is 0.234 e. The average molecular weight is 384 g/mol. The van der Waals surface area contributed by atoms with Gasteiger partial charge in [0.1, 0.15) is 5.82 Å². The second kappa shape index (κ2) is 7.90. The Kier molecular flexibility index (Phi) is 6.07. The summed E-state index contributed by atoms with van der Waals surface area (Å²) in [7, 11) is 0. The van der Waals surface area contributed by atoms with Crippen molar-refractivity contribution in [2.24, 2.45) is 0 Å². The molecule has 0 aliphatic rings. The quantitative estimate of drug-likeness (QED) is 0.773. The number of alkyl halides is 1. The van der Waals surface area contributed by atoms with Gasteiger partial charge in [0.2, 0.25) is 17.8 Å². The number of carbonyl (C=O) groups excluding carboxylic acids is 1. The van der Waals surface area contributed by atoms with Crippen LogP contribution in [0.3, 0.4) is 0 Å². The Morgan fingerprint density at radius 2 is 1.92 bits per heavy atom. The van der Waals surface area contributed by atoms with E-state index in [2.05, 4.69) is 25.6 Å². The van der Waals surface area contributed by atoms with Crippen LogP contribution in [0.5, 0.6) is 0 Å². The van der Waals surface area contributed by atoms with Crippen molar-refractivity contribution in [2.45, 2.75) is 45.8 Å². The molecule has 1 heterocycles. The van der Waals surface area contributed by atoms with Crippen LogP contribution in [-0.2, 0) is 10.5 Å². The molecule has 0 radical (unpaired) electrons. The van der Waals surface area contributed by atoms with Gasteiger partial charge in [-0.3, -0.25) is 10.1 Å². The van der Waals surface area contributed by atoms with E-state index in [4.69, 9.17) is 11.6 Å². The molecule has 0 fully saturated rings. The summed E-state index contributed by atoms with van der Waals surface area (Å²) in [5.74, 6) is -1.10. The minimum atomic E-state index is -1.85. The first-order valence-corrected chi connectivity index (χ1v) is 8.45. The summed E-state index contributed by atoms with van der Waals surface area (Å²) >= 11 is 5.80. The van der Waals surface area contributed by atoms with Gasteiger partial charge >= 0.3 is 0 Å². The van der Waals surface area contributed by atoms with E-state index in [0.29, 0.717) is 5.56 Å². The van der Waals surface area contributed by atoms with Gasteiger partial charge in [-0.25, -0.2) is 8.78 Å². The molecule has 140 valence electrons. The Balaban J connectivity index is 2.36. The Hall–Kier alpha value is -2.35. The summed E-state index contributed by atoms with van der Waals surface area (Å²) in [6.45, 7) is 5.93. The Morgan fingerprint density at radius 1 is 1.27 bits per heavy atom. The lowest BCUT2D eigenvalue weighted by molar-refractivity contribution is -0.115. The fourth-order valence-electron chi connectivity index (χ4n) is 2.10. The van der Waals surface area contributed by atoms with Crippen molar-refractivity contribution in [3.8, 4) is 0 Å². The van der Waals surface area contributed by atoms with Crippen LogP contribution in [0.25, 0.3) is 0 Å². The molecule has 9 heteroatoms. The highest BCUT2D eigenvalue weighted by Crippen LogP contribution is 2.27. The number of nitrogens with zero attached hydrogens (tertiary/aromatic N) is 3. The van der Waals surface area contributed by atoms with Gasteiger partial charge < -0.3 is 5.32 Å². The van der Waals surface area contributed by atoms with Crippen LogP contribution in [0.15, 0.2) is 18.2 Å². The van der Waals surface area contributed by atoms with Crippen molar-refractivity contribution in [1.29, 1.82) is 0 Å². The molecule has 1 amide bonds. The molecule has 0 saturated heterocycles. The minimum absolute atomic E-state index is 0.00623. The molecule has 0 aliphatic heterocycles. The number of halogens is 3. The molecule has 2 rings (SSSR count). The zero-order valence-corrected chi connectivity index (χ0v) is 15.7. The molecule has 1 aromatic heterocycles. The monoisotopic (exact) mass is 383 g/mol. The fourth-order valence-corrected chi connectivity index (χ4v) is 2.28. The van der Waals surface area contributed by atoms with Crippen LogP contribution >= 0.6 is 11.6 Å². The third kappa shape index (κ3) is 4.85. The first-order valence-electron chi connectivity index (χ1n) is 8.07. The van der Waals surface area contributed by atoms with Crippen molar-refractivity contribution in [3.05, 3.63) is 40.4 Å². The van der Waals surface area contributed by atoms with Crippen molar-refractivity contribution in [1.82, 2.24) is 15.0 Å². The number of nitrogens with one attached hydrogen (secondary N) is 2. The van der Waals surface area contributed by atoms with Gasteiger partial charge in [0.15, 0.2) is 11.5 Å². The van der Waals surface area contributed by atoms with E-state index in [9.17, 15) is 13.6 Å². The summed E-state index contributed by atoms with van der Waals surface area (Å²) in [4.78, 5) is 23.6. The van der Waals surface area contributed by atoms with E-state index >= 15 is 0 Å². The van der Waals surface area contributed by atoms with E-state index in [1.807, 2.05) is 0 Å². The number of amides is 1. The van der Waals surface area contributed by atoms with Gasteiger partial charge in [-0.05, 0) is 26.8 Å². The molecule has 1 unspecified atom stereocenters. The summed E-state index contributed by atoms with van der Waals surface area (Å²) in [5.41, 5.74) is -1.55. The zero-order chi connectivity index (χ0) is 19.5. The predicted molar refractivity (Wildman–Crippen MR) is 96.3 cm³/mol. The van der Waals surface area contributed by atoms with Gasteiger partial charge in [0, 0.05) is 12.0 Å². The predicted octanol–water partition coefficient (Wildman–Crippen LogP) is 4.39. The second-order valence-corrected chi connectivity index (χ2v) is 6.60. The fraction of sp³-hybridized carbons (Fsp3) is 0.412. The molecule has 26 heavy (non-hydrogen) atoms. The maximum absolute atomic E-state index is 14.3. The van der Waals surface area contributed by atoms with Crippen molar-refractivity contribution < 1.29 is 13.6 Å². The lowest BCUT2D eigenvalue weighted by Crippen LogP contribution is -2.21. The lowest BCUT2D eigenvalue weighted by atomic mass is 10.1. The molecule has 1 aromatic carbocycles. The largest absolute Gasteiger partial charge is 0.347 e. The molecule has 2 N–H and O–H groups in total. The number of rotatable bonds is 6. The average Bonchev–Trinajstić information content (AvgIpc) is 2.56.